The standard InChI is InChI=1S/C25H27N5O2S/c1-15-8-20(9-16(2)32-15)28-25(31)23-11-18(24-22(29-23)6-7-33-24)10-17-4-5-21(26-12-17)19-13-27-30(3)14-19/h4-7,11-16,20H,8-10H2,1-3H3,(H,28,31). The molecule has 0 bridgehead atoms. The number of carbonyl (C=O) groups excluding carboxylic acids is 1. The second kappa shape index (κ2) is 9.03. The fourth-order valence-corrected chi connectivity index (χ4v) is 5.38. The first-order chi connectivity index (χ1) is 15.9. The molecule has 170 valence electrons. The maximum Gasteiger partial charge on any atom is 0.270 e. The van der Waals surface area contributed by atoms with Crippen LogP contribution in [0.15, 0.2) is 48.2 Å². The monoisotopic (exact) mass is 461 g/mol. The van der Waals surface area contributed by atoms with Gasteiger partial charge in [0.05, 0.1) is 34.3 Å². The predicted molar refractivity (Wildman–Crippen MR) is 129 cm³/mol. The number of amides is 1. The Morgan fingerprint density at radius 1 is 1.21 bits per heavy atom. The van der Waals surface area contributed by atoms with Crippen LogP contribution in [0.4, 0.5) is 0 Å². The summed E-state index contributed by atoms with van der Waals surface area (Å²) in [5.41, 5.74) is 5.37. The molecule has 4 aromatic rings. The molecule has 5 rings (SSSR count). The normalized spacial score (nSPS) is 20.8. The first kappa shape index (κ1) is 21.7. The smallest absolute Gasteiger partial charge is 0.270 e. The van der Waals surface area contributed by atoms with Crippen molar-refractivity contribution in [3.63, 3.8) is 0 Å². The molecule has 0 aliphatic carbocycles. The fourth-order valence-electron chi connectivity index (χ4n) is 4.53. The van der Waals surface area contributed by atoms with E-state index in [1.54, 1.807) is 16.0 Å². The minimum absolute atomic E-state index is 0.101. The predicted octanol–water partition coefficient (Wildman–Crippen LogP) is 4.37. The molecular formula is C25H27N5O2S. The van der Waals surface area contributed by atoms with E-state index < -0.39 is 0 Å². The molecule has 1 aliphatic heterocycles. The van der Waals surface area contributed by atoms with Crippen LogP contribution < -0.4 is 5.32 Å². The first-order valence-electron chi connectivity index (χ1n) is 11.2. The van der Waals surface area contributed by atoms with Crippen LogP contribution in [0.25, 0.3) is 21.5 Å². The summed E-state index contributed by atoms with van der Waals surface area (Å²) in [7, 11) is 1.89. The molecule has 0 saturated carbocycles. The van der Waals surface area contributed by atoms with Crippen molar-refractivity contribution in [3.05, 3.63) is 65.1 Å². The number of aromatic nitrogens is 4. The summed E-state index contributed by atoms with van der Waals surface area (Å²) in [6.45, 7) is 4.10. The molecule has 0 spiro atoms. The summed E-state index contributed by atoms with van der Waals surface area (Å²) < 4.78 is 8.67. The molecule has 1 aliphatic rings. The quantitative estimate of drug-likeness (QED) is 0.477. The van der Waals surface area contributed by atoms with Crippen LogP contribution in [0.2, 0.25) is 0 Å². The van der Waals surface area contributed by atoms with E-state index in [2.05, 4.69) is 40.3 Å². The number of nitrogens with zero attached hydrogens (tertiary/aromatic N) is 4. The second-order valence-electron chi connectivity index (χ2n) is 8.83. The largest absolute Gasteiger partial charge is 0.375 e. The van der Waals surface area contributed by atoms with Crippen molar-refractivity contribution in [2.24, 2.45) is 7.05 Å². The molecule has 0 aromatic carbocycles. The number of fused-ring (bicyclic) bond motifs is 1. The Hall–Kier alpha value is -3.10. The summed E-state index contributed by atoms with van der Waals surface area (Å²) in [4.78, 5) is 22.3. The van der Waals surface area contributed by atoms with Gasteiger partial charge in [0.25, 0.3) is 5.91 Å². The van der Waals surface area contributed by atoms with E-state index in [9.17, 15) is 4.79 Å². The van der Waals surface area contributed by atoms with Gasteiger partial charge in [-0.2, -0.15) is 5.10 Å². The molecule has 1 saturated heterocycles. The van der Waals surface area contributed by atoms with Crippen LogP contribution in [-0.4, -0.2) is 43.9 Å². The second-order valence-corrected chi connectivity index (χ2v) is 9.75. The number of aryl methyl sites for hydroxylation is 1. The van der Waals surface area contributed by atoms with Gasteiger partial charge in [0.1, 0.15) is 5.69 Å². The van der Waals surface area contributed by atoms with Gasteiger partial charge in [-0.05, 0) is 61.4 Å². The van der Waals surface area contributed by atoms with Crippen molar-refractivity contribution < 1.29 is 9.53 Å². The van der Waals surface area contributed by atoms with Crippen molar-refractivity contribution in [2.75, 3.05) is 0 Å². The Balaban J connectivity index is 1.37. The van der Waals surface area contributed by atoms with Crippen LogP contribution in [0.5, 0.6) is 0 Å². The highest BCUT2D eigenvalue weighted by atomic mass is 32.1. The summed E-state index contributed by atoms with van der Waals surface area (Å²) in [5.74, 6) is -0.124. The number of ether oxygens (including phenoxy) is 1. The molecule has 1 fully saturated rings. The van der Waals surface area contributed by atoms with Gasteiger partial charge in [-0.25, -0.2) is 4.98 Å². The van der Waals surface area contributed by atoms with Gasteiger partial charge in [0, 0.05) is 37.5 Å². The third-order valence-corrected chi connectivity index (χ3v) is 6.95. The topological polar surface area (TPSA) is 81.9 Å². The van der Waals surface area contributed by atoms with Gasteiger partial charge in [0.15, 0.2) is 0 Å². The lowest BCUT2D eigenvalue weighted by Gasteiger charge is -2.32. The van der Waals surface area contributed by atoms with Crippen LogP contribution in [-0.2, 0) is 18.2 Å². The van der Waals surface area contributed by atoms with Crippen molar-refractivity contribution in [1.82, 2.24) is 25.1 Å². The van der Waals surface area contributed by atoms with Crippen LogP contribution in [0, 0.1) is 0 Å². The zero-order valence-electron chi connectivity index (χ0n) is 19.0. The lowest BCUT2D eigenvalue weighted by molar-refractivity contribution is -0.0408. The summed E-state index contributed by atoms with van der Waals surface area (Å²) >= 11 is 1.65. The number of hydrogen-bond acceptors (Lipinski definition) is 6. The van der Waals surface area contributed by atoms with E-state index in [0.29, 0.717) is 12.1 Å². The molecule has 7 nitrogen and oxygen atoms in total. The zero-order chi connectivity index (χ0) is 22.9. The number of carbonyl (C=O) groups is 1. The maximum absolute atomic E-state index is 13.1. The lowest BCUT2D eigenvalue weighted by atomic mass is 9.99. The molecule has 2 atom stereocenters. The Morgan fingerprint density at radius 2 is 2.03 bits per heavy atom. The molecule has 2 unspecified atom stereocenters. The highest BCUT2D eigenvalue weighted by Crippen LogP contribution is 2.27. The number of pyridine rings is 2. The van der Waals surface area contributed by atoms with Gasteiger partial charge in [-0.3, -0.25) is 14.5 Å². The highest BCUT2D eigenvalue weighted by Gasteiger charge is 2.26. The summed E-state index contributed by atoms with van der Waals surface area (Å²) in [6.07, 6.45) is 8.26. The van der Waals surface area contributed by atoms with Gasteiger partial charge in [0.2, 0.25) is 0 Å². The van der Waals surface area contributed by atoms with Gasteiger partial charge < -0.3 is 10.1 Å². The highest BCUT2D eigenvalue weighted by molar-refractivity contribution is 7.17. The maximum atomic E-state index is 13.1. The minimum atomic E-state index is -0.124. The number of thiophene rings is 1. The average Bonchev–Trinajstić information content (AvgIpc) is 3.42. The van der Waals surface area contributed by atoms with Crippen molar-refractivity contribution >= 4 is 27.5 Å². The summed E-state index contributed by atoms with van der Waals surface area (Å²) in [6, 6.07) is 8.10. The number of hydrogen-bond donors (Lipinski definition) is 1. The molecule has 1 amide bonds. The van der Waals surface area contributed by atoms with E-state index in [1.165, 1.54) is 0 Å². The third kappa shape index (κ3) is 4.82. The Bertz CT molecular complexity index is 1270. The fraction of sp³-hybridized carbons (Fsp3) is 0.360. The third-order valence-electron chi connectivity index (χ3n) is 5.97. The molecule has 8 heteroatoms. The minimum Gasteiger partial charge on any atom is -0.375 e. The molecule has 33 heavy (non-hydrogen) atoms. The van der Waals surface area contributed by atoms with Gasteiger partial charge >= 0.3 is 0 Å². The van der Waals surface area contributed by atoms with E-state index in [1.807, 2.05) is 49.2 Å². The molecule has 0 radical (unpaired) electrons. The van der Waals surface area contributed by atoms with E-state index >= 15 is 0 Å². The zero-order valence-corrected chi connectivity index (χ0v) is 19.8. The molecule has 1 N–H and O–H groups in total. The average molecular weight is 462 g/mol. The first-order valence-corrected chi connectivity index (χ1v) is 12.1. The molecular weight excluding hydrogens is 434 g/mol. The van der Waals surface area contributed by atoms with Crippen LogP contribution >= 0.6 is 11.3 Å². The van der Waals surface area contributed by atoms with Crippen LogP contribution in [0.1, 0.15) is 48.3 Å². The van der Waals surface area contributed by atoms with Crippen LogP contribution in [0.3, 0.4) is 0 Å². The number of rotatable bonds is 5. The molecule has 4 aromatic heterocycles. The Labute approximate surface area is 196 Å². The number of nitrogens with one attached hydrogen (secondary N) is 1. The van der Waals surface area contributed by atoms with E-state index in [-0.39, 0.29) is 24.2 Å². The summed E-state index contributed by atoms with van der Waals surface area (Å²) in [5, 5.41) is 9.41. The van der Waals surface area contributed by atoms with Gasteiger partial charge in [-0.1, -0.05) is 6.07 Å². The Morgan fingerprint density at radius 3 is 2.73 bits per heavy atom. The molecule has 5 heterocycles. The Kier molecular flexibility index (Phi) is 5.95. The van der Waals surface area contributed by atoms with Crippen molar-refractivity contribution in [2.45, 2.75) is 51.4 Å². The lowest BCUT2D eigenvalue weighted by Crippen LogP contribution is -2.44. The van der Waals surface area contributed by atoms with E-state index in [4.69, 9.17) is 4.74 Å². The SMILES string of the molecule is CC1CC(NC(=O)c2cc(Cc3ccc(-c4cnn(C)c4)nc3)c3sccc3n2)CC(C)O1. The van der Waals surface area contributed by atoms with Gasteiger partial charge in [-0.15, -0.1) is 11.3 Å². The van der Waals surface area contributed by atoms with Crippen molar-refractivity contribution in [3.8, 4) is 11.3 Å². The van der Waals surface area contributed by atoms with E-state index in [0.717, 1.165) is 45.4 Å². The van der Waals surface area contributed by atoms with Crippen molar-refractivity contribution in [1.29, 1.82) is 0 Å².